The summed E-state index contributed by atoms with van der Waals surface area (Å²) in [5, 5.41) is 7.30. The van der Waals surface area contributed by atoms with Gasteiger partial charge in [-0.3, -0.25) is 10.2 Å². The van der Waals surface area contributed by atoms with Gasteiger partial charge >= 0.3 is 11.9 Å². The molecule has 2 aromatic carbocycles. The molecule has 3 N–H and O–H groups in total. The van der Waals surface area contributed by atoms with Gasteiger partial charge in [0.1, 0.15) is 22.9 Å². The number of hydrogen-bond donors (Lipinski definition) is 2. The molecule has 6 nitrogen and oxygen atoms in total. The molecule has 0 radical (unpaired) electrons. The van der Waals surface area contributed by atoms with Crippen molar-refractivity contribution >= 4 is 17.8 Å². The molecular weight excluding hydrogens is 284 g/mol. The second-order valence-corrected chi connectivity index (χ2v) is 4.42. The van der Waals surface area contributed by atoms with Crippen molar-refractivity contribution in [1.82, 2.24) is 0 Å². The van der Waals surface area contributed by atoms with E-state index in [4.69, 9.17) is 20.6 Å². The van der Waals surface area contributed by atoms with Gasteiger partial charge in [0.15, 0.2) is 0 Å². The molecule has 2 aromatic rings. The molecule has 0 amide bonds. The molecule has 0 saturated carbocycles. The van der Waals surface area contributed by atoms with Crippen LogP contribution in [0.3, 0.4) is 0 Å². The highest BCUT2D eigenvalue weighted by molar-refractivity contribution is 5.96. The molecule has 2 rings (SSSR count). The van der Waals surface area contributed by atoms with E-state index < -0.39 is 11.9 Å². The van der Waals surface area contributed by atoms with Gasteiger partial charge < -0.3 is 15.2 Å². The van der Waals surface area contributed by atoms with Gasteiger partial charge in [0, 0.05) is 12.5 Å². The van der Waals surface area contributed by atoms with Crippen molar-refractivity contribution < 1.29 is 19.1 Å². The predicted molar refractivity (Wildman–Crippen MR) is 80.2 cm³/mol. The summed E-state index contributed by atoms with van der Waals surface area (Å²) in [6.45, 7) is 1.25. The van der Waals surface area contributed by atoms with E-state index in [0.717, 1.165) is 0 Å². The fraction of sp³-hybridized carbons (Fsp3) is 0.0625. The molecular formula is C16H14N2O4. The maximum Gasteiger partial charge on any atom is 0.347 e. The van der Waals surface area contributed by atoms with Crippen LogP contribution in [-0.2, 0) is 4.79 Å². The van der Waals surface area contributed by atoms with Crippen LogP contribution in [0.15, 0.2) is 48.5 Å². The number of esters is 2. The Morgan fingerprint density at radius 1 is 1.00 bits per heavy atom. The molecule has 0 aliphatic carbocycles. The molecule has 0 aromatic heterocycles. The van der Waals surface area contributed by atoms with Crippen molar-refractivity contribution in [2.75, 3.05) is 0 Å². The number of ether oxygens (including phenoxy) is 2. The molecule has 0 fully saturated rings. The third-order valence-electron chi connectivity index (χ3n) is 2.74. The van der Waals surface area contributed by atoms with E-state index in [-0.39, 0.29) is 17.1 Å². The minimum Gasteiger partial charge on any atom is -0.426 e. The van der Waals surface area contributed by atoms with Gasteiger partial charge in [0.2, 0.25) is 0 Å². The lowest BCUT2D eigenvalue weighted by Crippen LogP contribution is -2.13. The largest absolute Gasteiger partial charge is 0.426 e. The van der Waals surface area contributed by atoms with Crippen LogP contribution in [0.5, 0.6) is 11.5 Å². The van der Waals surface area contributed by atoms with Gasteiger partial charge in [0.25, 0.3) is 0 Å². The van der Waals surface area contributed by atoms with Gasteiger partial charge in [-0.2, -0.15) is 0 Å². The van der Waals surface area contributed by atoms with Crippen molar-refractivity contribution in [2.45, 2.75) is 6.92 Å². The van der Waals surface area contributed by atoms with E-state index in [2.05, 4.69) is 0 Å². The Morgan fingerprint density at radius 3 is 2.23 bits per heavy atom. The Hall–Kier alpha value is -3.15. The number of nitrogens with one attached hydrogen (secondary N) is 1. The normalized spacial score (nSPS) is 9.86. The molecule has 0 unspecified atom stereocenters. The van der Waals surface area contributed by atoms with Crippen LogP contribution in [0.25, 0.3) is 0 Å². The summed E-state index contributed by atoms with van der Waals surface area (Å²) < 4.78 is 10.2. The van der Waals surface area contributed by atoms with Crippen LogP contribution in [0.2, 0.25) is 0 Å². The van der Waals surface area contributed by atoms with Crippen LogP contribution in [0.4, 0.5) is 0 Å². The third-order valence-corrected chi connectivity index (χ3v) is 2.74. The van der Waals surface area contributed by atoms with E-state index in [1.54, 1.807) is 24.3 Å². The summed E-state index contributed by atoms with van der Waals surface area (Å²) >= 11 is 0. The van der Waals surface area contributed by atoms with E-state index >= 15 is 0 Å². The Balaban J connectivity index is 2.18. The van der Waals surface area contributed by atoms with Crippen molar-refractivity contribution in [3.63, 3.8) is 0 Å². The zero-order chi connectivity index (χ0) is 16.1. The average molecular weight is 298 g/mol. The highest BCUT2D eigenvalue weighted by Gasteiger charge is 2.15. The molecule has 0 aliphatic heterocycles. The van der Waals surface area contributed by atoms with Gasteiger partial charge in [-0.1, -0.05) is 12.1 Å². The monoisotopic (exact) mass is 298 g/mol. The van der Waals surface area contributed by atoms with Crippen LogP contribution in [-0.4, -0.2) is 17.8 Å². The van der Waals surface area contributed by atoms with Gasteiger partial charge in [-0.15, -0.1) is 0 Å². The number of hydrogen-bond acceptors (Lipinski definition) is 5. The molecule has 112 valence electrons. The first-order valence-corrected chi connectivity index (χ1v) is 6.41. The Kier molecular flexibility index (Phi) is 4.53. The number of amidine groups is 1. The maximum atomic E-state index is 12.2. The Bertz CT molecular complexity index is 723. The lowest BCUT2D eigenvalue weighted by Gasteiger charge is -2.09. The van der Waals surface area contributed by atoms with Crippen LogP contribution < -0.4 is 15.2 Å². The first-order chi connectivity index (χ1) is 10.5. The van der Waals surface area contributed by atoms with Crippen molar-refractivity contribution in [3.8, 4) is 11.5 Å². The molecule has 0 spiro atoms. The summed E-state index contributed by atoms with van der Waals surface area (Å²) in [4.78, 5) is 23.2. The molecule has 0 bridgehead atoms. The Morgan fingerprint density at radius 2 is 1.64 bits per heavy atom. The highest BCUT2D eigenvalue weighted by Crippen LogP contribution is 2.21. The SMILES string of the molecule is CC(=O)Oc1ccccc1C(=O)Oc1ccc(C(=N)N)cc1. The summed E-state index contributed by atoms with van der Waals surface area (Å²) in [5.41, 5.74) is 6.02. The number of rotatable bonds is 4. The summed E-state index contributed by atoms with van der Waals surface area (Å²) in [6.07, 6.45) is 0. The predicted octanol–water partition coefficient (Wildman–Crippen LogP) is 2.12. The highest BCUT2D eigenvalue weighted by atomic mass is 16.5. The first kappa shape index (κ1) is 15.2. The van der Waals surface area contributed by atoms with E-state index in [1.165, 1.54) is 31.2 Å². The molecule has 6 heteroatoms. The first-order valence-electron chi connectivity index (χ1n) is 6.41. The lowest BCUT2D eigenvalue weighted by atomic mass is 10.2. The molecule has 0 heterocycles. The smallest absolute Gasteiger partial charge is 0.347 e. The zero-order valence-electron chi connectivity index (χ0n) is 11.8. The number of nitrogens with two attached hydrogens (primary N) is 1. The fourth-order valence-electron chi connectivity index (χ4n) is 1.74. The second kappa shape index (κ2) is 6.53. The molecule has 22 heavy (non-hydrogen) atoms. The fourth-order valence-corrected chi connectivity index (χ4v) is 1.74. The van der Waals surface area contributed by atoms with E-state index in [9.17, 15) is 9.59 Å². The maximum absolute atomic E-state index is 12.2. The van der Waals surface area contributed by atoms with Crippen molar-refractivity contribution in [2.24, 2.45) is 5.73 Å². The number of nitrogen functional groups attached to an aromatic ring is 1. The Labute approximate surface area is 127 Å². The minimum atomic E-state index is -0.646. The third kappa shape index (κ3) is 3.69. The number of para-hydroxylation sites is 1. The molecule has 0 saturated heterocycles. The van der Waals surface area contributed by atoms with E-state index in [0.29, 0.717) is 11.3 Å². The zero-order valence-corrected chi connectivity index (χ0v) is 11.8. The van der Waals surface area contributed by atoms with E-state index in [1.807, 2.05) is 0 Å². The van der Waals surface area contributed by atoms with Crippen LogP contribution in [0.1, 0.15) is 22.8 Å². The molecule has 0 atom stereocenters. The van der Waals surface area contributed by atoms with Gasteiger partial charge in [0.05, 0.1) is 0 Å². The number of benzene rings is 2. The van der Waals surface area contributed by atoms with Crippen molar-refractivity contribution in [3.05, 3.63) is 59.7 Å². The van der Waals surface area contributed by atoms with Crippen LogP contribution in [0, 0.1) is 5.41 Å². The van der Waals surface area contributed by atoms with Crippen LogP contribution >= 0.6 is 0 Å². The summed E-state index contributed by atoms with van der Waals surface area (Å²) in [7, 11) is 0. The number of carbonyl (C=O) groups excluding carboxylic acids is 2. The summed E-state index contributed by atoms with van der Waals surface area (Å²) in [6, 6.07) is 12.5. The second-order valence-electron chi connectivity index (χ2n) is 4.42. The average Bonchev–Trinajstić information content (AvgIpc) is 2.47. The van der Waals surface area contributed by atoms with Gasteiger partial charge in [-0.05, 0) is 36.4 Å². The van der Waals surface area contributed by atoms with Crippen molar-refractivity contribution in [1.29, 1.82) is 5.41 Å². The minimum absolute atomic E-state index is 0.0712. The van der Waals surface area contributed by atoms with Gasteiger partial charge in [-0.25, -0.2) is 4.79 Å². The lowest BCUT2D eigenvalue weighted by molar-refractivity contribution is -0.131. The molecule has 0 aliphatic rings. The quantitative estimate of drug-likeness (QED) is 0.389. The topological polar surface area (TPSA) is 102 Å². The standard InChI is InChI=1S/C16H14N2O4/c1-10(19)21-14-5-3-2-4-13(14)16(20)22-12-8-6-11(7-9-12)15(17)18/h2-9H,1H3,(H3,17,18). The summed E-state index contributed by atoms with van der Waals surface area (Å²) in [5.74, 6) is -0.801. The number of carbonyl (C=O) groups is 2.